The lowest BCUT2D eigenvalue weighted by molar-refractivity contribution is 0.0958. The summed E-state index contributed by atoms with van der Waals surface area (Å²) in [6, 6.07) is 5.23. The van der Waals surface area contributed by atoms with Crippen LogP contribution in [0.1, 0.15) is 30.1 Å². The molecule has 1 rings (SSSR count). The quantitative estimate of drug-likeness (QED) is 0.755. The average molecular weight is 251 g/mol. The van der Waals surface area contributed by atoms with Gasteiger partial charge >= 0.3 is 0 Å². The number of Topliss-reactive ketones (excluding diaryl/α,β-unsaturated/α-hetero) is 1. The molecule has 0 saturated carbocycles. The number of benzene rings is 1. The summed E-state index contributed by atoms with van der Waals surface area (Å²) in [6.07, 6.45) is 1.34. The van der Waals surface area contributed by atoms with E-state index in [0.29, 0.717) is 30.0 Å². The van der Waals surface area contributed by atoms with Crippen LogP contribution in [0.3, 0.4) is 0 Å². The van der Waals surface area contributed by atoms with Crippen LogP contribution in [0, 0.1) is 5.92 Å². The zero-order valence-corrected chi connectivity index (χ0v) is 11.2. The van der Waals surface area contributed by atoms with E-state index in [1.807, 2.05) is 6.92 Å². The molecule has 0 radical (unpaired) electrons. The molecule has 0 bridgehead atoms. The summed E-state index contributed by atoms with van der Waals surface area (Å²) >= 11 is 0. The summed E-state index contributed by atoms with van der Waals surface area (Å²) in [5, 5.41) is 0. The number of hydrogen-bond donors (Lipinski definition) is 1. The second-order valence-electron chi connectivity index (χ2n) is 4.20. The lowest BCUT2D eigenvalue weighted by Gasteiger charge is -2.13. The van der Waals surface area contributed by atoms with Gasteiger partial charge in [0.2, 0.25) is 0 Å². The molecule has 0 saturated heterocycles. The van der Waals surface area contributed by atoms with Gasteiger partial charge in [0.25, 0.3) is 0 Å². The monoisotopic (exact) mass is 251 g/mol. The maximum atomic E-state index is 12.2. The first-order chi connectivity index (χ1) is 8.65. The molecule has 4 heteroatoms. The first kappa shape index (κ1) is 14.5. The summed E-state index contributed by atoms with van der Waals surface area (Å²) in [6.45, 7) is 2.56. The minimum Gasteiger partial charge on any atom is -0.497 e. The zero-order valence-electron chi connectivity index (χ0n) is 11.2. The Morgan fingerprint density at radius 1 is 1.33 bits per heavy atom. The van der Waals surface area contributed by atoms with Gasteiger partial charge in [-0.15, -0.1) is 0 Å². The van der Waals surface area contributed by atoms with Crippen molar-refractivity contribution in [3.8, 4) is 11.5 Å². The van der Waals surface area contributed by atoms with E-state index >= 15 is 0 Å². The number of hydrogen-bond acceptors (Lipinski definition) is 4. The SMILES string of the molecule is CCC(CN)CC(=O)c1cc(OC)ccc1OC. The third-order valence-electron chi connectivity index (χ3n) is 3.09. The minimum absolute atomic E-state index is 0.0445. The highest BCUT2D eigenvalue weighted by Crippen LogP contribution is 2.26. The summed E-state index contributed by atoms with van der Waals surface area (Å²) in [5.41, 5.74) is 6.19. The number of nitrogens with two attached hydrogens (primary N) is 1. The third-order valence-corrected chi connectivity index (χ3v) is 3.09. The molecule has 2 N–H and O–H groups in total. The highest BCUT2D eigenvalue weighted by Gasteiger charge is 2.17. The third kappa shape index (κ3) is 3.47. The molecule has 0 amide bonds. The predicted molar refractivity (Wildman–Crippen MR) is 71.3 cm³/mol. The van der Waals surface area contributed by atoms with E-state index in [9.17, 15) is 4.79 Å². The molecule has 0 aliphatic carbocycles. The van der Waals surface area contributed by atoms with Gasteiger partial charge in [0.1, 0.15) is 11.5 Å². The van der Waals surface area contributed by atoms with Crippen LogP contribution in [0.5, 0.6) is 11.5 Å². The maximum Gasteiger partial charge on any atom is 0.167 e. The Kier molecular flexibility index (Phi) is 5.65. The van der Waals surface area contributed by atoms with Gasteiger partial charge in [0.15, 0.2) is 5.78 Å². The molecule has 0 spiro atoms. The summed E-state index contributed by atoms with van der Waals surface area (Å²) < 4.78 is 10.3. The van der Waals surface area contributed by atoms with Crippen LogP contribution in [-0.2, 0) is 0 Å². The Hall–Kier alpha value is -1.55. The van der Waals surface area contributed by atoms with Gasteiger partial charge in [0.05, 0.1) is 19.8 Å². The van der Waals surface area contributed by atoms with E-state index in [4.69, 9.17) is 15.2 Å². The van der Waals surface area contributed by atoms with Crippen molar-refractivity contribution in [1.29, 1.82) is 0 Å². The molecule has 18 heavy (non-hydrogen) atoms. The van der Waals surface area contributed by atoms with Crippen LogP contribution in [0.2, 0.25) is 0 Å². The molecule has 1 atom stereocenters. The topological polar surface area (TPSA) is 61.6 Å². The second kappa shape index (κ2) is 7.01. The lowest BCUT2D eigenvalue weighted by Crippen LogP contribution is -2.18. The molecule has 100 valence electrons. The molecule has 1 unspecified atom stereocenters. The van der Waals surface area contributed by atoms with Gasteiger partial charge in [-0.25, -0.2) is 0 Å². The molecule has 4 nitrogen and oxygen atoms in total. The standard InChI is InChI=1S/C14H21NO3/c1-4-10(9-15)7-13(16)12-8-11(17-2)5-6-14(12)18-3/h5-6,8,10H,4,7,9,15H2,1-3H3. The van der Waals surface area contributed by atoms with Crippen molar-refractivity contribution >= 4 is 5.78 Å². The van der Waals surface area contributed by atoms with Crippen LogP contribution < -0.4 is 15.2 Å². The van der Waals surface area contributed by atoms with Crippen molar-refractivity contribution in [2.75, 3.05) is 20.8 Å². The fourth-order valence-corrected chi connectivity index (χ4v) is 1.80. The fraction of sp³-hybridized carbons (Fsp3) is 0.500. The maximum absolute atomic E-state index is 12.2. The largest absolute Gasteiger partial charge is 0.497 e. The van der Waals surface area contributed by atoms with Crippen molar-refractivity contribution in [2.24, 2.45) is 11.7 Å². The van der Waals surface area contributed by atoms with E-state index in [1.54, 1.807) is 32.4 Å². The van der Waals surface area contributed by atoms with Crippen LogP contribution >= 0.6 is 0 Å². The first-order valence-corrected chi connectivity index (χ1v) is 6.11. The number of carbonyl (C=O) groups is 1. The van der Waals surface area contributed by atoms with Crippen molar-refractivity contribution in [2.45, 2.75) is 19.8 Å². The van der Waals surface area contributed by atoms with Crippen molar-refractivity contribution in [1.82, 2.24) is 0 Å². The van der Waals surface area contributed by atoms with Crippen molar-refractivity contribution in [3.63, 3.8) is 0 Å². The van der Waals surface area contributed by atoms with Gasteiger partial charge in [-0.1, -0.05) is 13.3 Å². The van der Waals surface area contributed by atoms with E-state index < -0.39 is 0 Å². The van der Waals surface area contributed by atoms with E-state index in [2.05, 4.69) is 0 Å². The van der Waals surface area contributed by atoms with Gasteiger partial charge in [-0.05, 0) is 30.7 Å². The number of ether oxygens (including phenoxy) is 2. The van der Waals surface area contributed by atoms with Crippen molar-refractivity contribution < 1.29 is 14.3 Å². The van der Waals surface area contributed by atoms with Gasteiger partial charge in [0, 0.05) is 6.42 Å². The highest BCUT2D eigenvalue weighted by atomic mass is 16.5. The summed E-state index contributed by atoms with van der Waals surface area (Å²) in [4.78, 5) is 12.2. The lowest BCUT2D eigenvalue weighted by atomic mass is 9.95. The molecular weight excluding hydrogens is 230 g/mol. The van der Waals surface area contributed by atoms with Crippen LogP contribution in [0.25, 0.3) is 0 Å². The number of methoxy groups -OCH3 is 2. The number of ketones is 1. The number of rotatable bonds is 7. The van der Waals surface area contributed by atoms with Gasteiger partial charge in [-0.2, -0.15) is 0 Å². The van der Waals surface area contributed by atoms with Gasteiger partial charge < -0.3 is 15.2 Å². The predicted octanol–water partition coefficient (Wildman–Crippen LogP) is 2.26. The molecule has 1 aromatic carbocycles. The highest BCUT2D eigenvalue weighted by molar-refractivity contribution is 5.99. The molecule has 0 fully saturated rings. The first-order valence-electron chi connectivity index (χ1n) is 6.11. The van der Waals surface area contributed by atoms with E-state index in [1.165, 1.54) is 0 Å². The van der Waals surface area contributed by atoms with Crippen molar-refractivity contribution in [3.05, 3.63) is 23.8 Å². The normalized spacial score (nSPS) is 12.0. The van der Waals surface area contributed by atoms with E-state index in [0.717, 1.165) is 6.42 Å². The smallest absolute Gasteiger partial charge is 0.167 e. The molecule has 0 aliphatic rings. The fourth-order valence-electron chi connectivity index (χ4n) is 1.80. The Morgan fingerprint density at radius 3 is 2.56 bits per heavy atom. The molecular formula is C14H21NO3. The molecule has 0 aromatic heterocycles. The molecule has 1 aromatic rings. The Bertz CT molecular complexity index is 400. The minimum atomic E-state index is 0.0445. The Labute approximate surface area is 108 Å². The number of carbonyl (C=O) groups excluding carboxylic acids is 1. The molecule has 0 aliphatic heterocycles. The van der Waals surface area contributed by atoms with Crippen LogP contribution in [0.15, 0.2) is 18.2 Å². The average Bonchev–Trinajstić information content (AvgIpc) is 2.43. The van der Waals surface area contributed by atoms with E-state index in [-0.39, 0.29) is 11.7 Å². The Morgan fingerprint density at radius 2 is 2.06 bits per heavy atom. The summed E-state index contributed by atoms with van der Waals surface area (Å²) in [7, 11) is 3.13. The van der Waals surface area contributed by atoms with Gasteiger partial charge in [-0.3, -0.25) is 4.79 Å². The van der Waals surface area contributed by atoms with Crippen LogP contribution in [0.4, 0.5) is 0 Å². The molecule has 0 heterocycles. The Balaban J connectivity index is 2.95. The summed E-state index contributed by atoms with van der Waals surface area (Å²) in [5.74, 6) is 1.49. The van der Waals surface area contributed by atoms with Crippen LogP contribution in [-0.4, -0.2) is 26.5 Å². The second-order valence-corrected chi connectivity index (χ2v) is 4.20. The zero-order chi connectivity index (χ0) is 13.5.